The Morgan fingerprint density at radius 3 is 2.12 bits per heavy atom. The van der Waals surface area contributed by atoms with Gasteiger partial charge in [-0.05, 0) is 56.2 Å². The number of methoxy groups -OCH3 is 1. The fraction of sp³-hybridized carbons (Fsp3) is 0.333. The first-order valence-corrected chi connectivity index (χ1v) is 16.0. The Morgan fingerprint density at radius 1 is 0.905 bits per heavy atom. The van der Waals surface area contributed by atoms with Gasteiger partial charge in [0.2, 0.25) is 21.8 Å². The topological polar surface area (TPSA) is 96.0 Å². The van der Waals surface area contributed by atoms with Crippen molar-refractivity contribution in [1.82, 2.24) is 10.2 Å². The number of rotatable bonds is 11. The molecule has 1 atom stereocenters. The fourth-order valence-electron chi connectivity index (χ4n) is 4.27. The highest BCUT2D eigenvalue weighted by molar-refractivity contribution is 7.92. The van der Waals surface area contributed by atoms with Gasteiger partial charge in [-0.2, -0.15) is 0 Å². The molecule has 12 heteroatoms. The van der Waals surface area contributed by atoms with E-state index in [1.54, 1.807) is 24.3 Å². The third-order valence-corrected chi connectivity index (χ3v) is 8.35. The highest BCUT2D eigenvalue weighted by atomic mass is 35.5. The van der Waals surface area contributed by atoms with Crippen molar-refractivity contribution < 1.29 is 22.7 Å². The maximum Gasteiger partial charge on any atom is 0.244 e. The van der Waals surface area contributed by atoms with Gasteiger partial charge in [0.05, 0.1) is 34.1 Å². The van der Waals surface area contributed by atoms with Gasteiger partial charge >= 0.3 is 0 Å². The van der Waals surface area contributed by atoms with E-state index in [1.165, 1.54) is 24.1 Å². The summed E-state index contributed by atoms with van der Waals surface area (Å²) in [6.07, 6.45) is 1.14. The van der Waals surface area contributed by atoms with E-state index in [2.05, 4.69) is 5.32 Å². The number of hydrogen-bond donors (Lipinski definition) is 1. The zero-order valence-corrected chi connectivity index (χ0v) is 27.1. The highest BCUT2D eigenvalue weighted by Crippen LogP contribution is 2.35. The molecule has 0 aliphatic carbocycles. The molecule has 226 valence electrons. The minimum Gasteiger partial charge on any atom is -0.497 e. The summed E-state index contributed by atoms with van der Waals surface area (Å²) in [4.78, 5) is 29.4. The van der Waals surface area contributed by atoms with Crippen LogP contribution in [0.25, 0.3) is 0 Å². The van der Waals surface area contributed by atoms with Crippen LogP contribution in [0.1, 0.15) is 31.9 Å². The van der Waals surface area contributed by atoms with Crippen molar-refractivity contribution in [2.75, 3.05) is 24.2 Å². The van der Waals surface area contributed by atoms with E-state index in [0.717, 1.165) is 16.1 Å². The van der Waals surface area contributed by atoms with Gasteiger partial charge in [-0.3, -0.25) is 13.9 Å². The second-order valence-corrected chi connectivity index (χ2v) is 13.9. The van der Waals surface area contributed by atoms with Crippen molar-refractivity contribution in [3.05, 3.63) is 92.9 Å². The van der Waals surface area contributed by atoms with Crippen LogP contribution in [0.2, 0.25) is 15.1 Å². The monoisotopic (exact) mass is 653 g/mol. The minimum atomic E-state index is -4.04. The number of nitrogens with zero attached hydrogens (tertiary/aromatic N) is 2. The molecule has 1 N–H and O–H groups in total. The number of nitrogens with one attached hydrogen (secondary N) is 1. The van der Waals surface area contributed by atoms with Gasteiger partial charge in [-0.25, -0.2) is 8.42 Å². The second kappa shape index (κ2) is 14.0. The number of amides is 2. The van der Waals surface area contributed by atoms with Crippen molar-refractivity contribution in [3.8, 4) is 5.75 Å². The summed E-state index contributed by atoms with van der Waals surface area (Å²) in [6, 6.07) is 18.0. The molecule has 3 aromatic carbocycles. The lowest BCUT2D eigenvalue weighted by atomic mass is 10.0. The van der Waals surface area contributed by atoms with Gasteiger partial charge in [0.25, 0.3) is 0 Å². The summed E-state index contributed by atoms with van der Waals surface area (Å²) >= 11 is 18.6. The van der Waals surface area contributed by atoms with E-state index in [1.807, 2.05) is 51.1 Å². The van der Waals surface area contributed by atoms with Crippen LogP contribution in [0.4, 0.5) is 5.69 Å². The Hall–Kier alpha value is -2.98. The number of anilines is 1. The van der Waals surface area contributed by atoms with Crippen molar-refractivity contribution in [2.24, 2.45) is 0 Å². The lowest BCUT2D eigenvalue weighted by Crippen LogP contribution is -2.56. The average Bonchev–Trinajstić information content (AvgIpc) is 2.90. The smallest absolute Gasteiger partial charge is 0.244 e. The van der Waals surface area contributed by atoms with E-state index in [-0.39, 0.29) is 39.6 Å². The molecular weight excluding hydrogens is 621 g/mol. The summed E-state index contributed by atoms with van der Waals surface area (Å²) < 4.78 is 32.2. The predicted molar refractivity (Wildman–Crippen MR) is 169 cm³/mol. The molecule has 8 nitrogen and oxygen atoms in total. The zero-order chi connectivity index (χ0) is 31.2. The lowest BCUT2D eigenvalue weighted by molar-refractivity contribution is -0.140. The Morgan fingerprint density at radius 2 is 1.52 bits per heavy atom. The predicted octanol–water partition coefficient (Wildman–Crippen LogP) is 5.98. The summed E-state index contributed by atoms with van der Waals surface area (Å²) in [5.41, 5.74) is 0.899. The number of sulfonamides is 1. The first kappa shape index (κ1) is 33.5. The molecule has 42 heavy (non-hydrogen) atoms. The SMILES string of the molecule is COc1cccc(CN(C(=O)CN(c2cc(Cl)c(Cl)cc2Cl)S(C)(=O)=O)C(Cc2ccccc2)C(=O)NC(C)(C)C)c1. The van der Waals surface area contributed by atoms with Crippen LogP contribution < -0.4 is 14.4 Å². The summed E-state index contributed by atoms with van der Waals surface area (Å²) in [7, 11) is -2.51. The van der Waals surface area contributed by atoms with Crippen LogP contribution >= 0.6 is 34.8 Å². The molecule has 0 fully saturated rings. The molecule has 0 aliphatic rings. The van der Waals surface area contributed by atoms with Gasteiger partial charge in [0, 0.05) is 18.5 Å². The van der Waals surface area contributed by atoms with Gasteiger partial charge in [0.15, 0.2) is 0 Å². The van der Waals surface area contributed by atoms with E-state index < -0.39 is 34.1 Å². The Balaban J connectivity index is 2.13. The average molecular weight is 655 g/mol. The molecule has 0 saturated carbocycles. The molecule has 0 saturated heterocycles. The maximum atomic E-state index is 14.2. The van der Waals surface area contributed by atoms with Crippen LogP contribution in [0, 0.1) is 0 Å². The van der Waals surface area contributed by atoms with E-state index >= 15 is 0 Å². The van der Waals surface area contributed by atoms with Crippen molar-refractivity contribution in [2.45, 2.75) is 45.3 Å². The summed E-state index contributed by atoms with van der Waals surface area (Å²) in [6.45, 7) is 4.88. The molecule has 1 unspecified atom stereocenters. The largest absolute Gasteiger partial charge is 0.497 e. The van der Waals surface area contributed by atoms with Crippen molar-refractivity contribution in [1.29, 1.82) is 0 Å². The Kier molecular flexibility index (Phi) is 11.2. The van der Waals surface area contributed by atoms with Crippen LogP contribution in [-0.4, -0.2) is 56.6 Å². The van der Waals surface area contributed by atoms with E-state index in [9.17, 15) is 18.0 Å². The number of hydrogen-bond acceptors (Lipinski definition) is 5. The number of benzene rings is 3. The van der Waals surface area contributed by atoms with Gasteiger partial charge in [-0.1, -0.05) is 77.3 Å². The zero-order valence-electron chi connectivity index (χ0n) is 24.0. The second-order valence-electron chi connectivity index (χ2n) is 10.8. The number of carbonyl (C=O) groups is 2. The molecule has 0 spiro atoms. The maximum absolute atomic E-state index is 14.2. The van der Waals surface area contributed by atoms with Crippen LogP contribution in [0.15, 0.2) is 66.7 Å². The molecule has 0 aliphatic heterocycles. The molecule has 0 aromatic heterocycles. The standard InChI is InChI=1S/C30H34Cl3N3O5S/c1-30(2,3)34-29(38)27(15-20-10-7-6-8-11-20)35(18-21-12-9-13-22(14-21)41-4)28(37)19-36(42(5,39)40)26-17-24(32)23(31)16-25(26)33/h6-14,16-17,27H,15,18-19H2,1-5H3,(H,34,38). The number of carbonyl (C=O) groups excluding carboxylic acids is 2. The molecule has 3 rings (SSSR count). The van der Waals surface area contributed by atoms with Crippen LogP contribution in [-0.2, 0) is 32.6 Å². The van der Waals surface area contributed by atoms with Crippen molar-refractivity contribution in [3.63, 3.8) is 0 Å². The highest BCUT2D eigenvalue weighted by Gasteiger charge is 2.35. The lowest BCUT2D eigenvalue weighted by Gasteiger charge is -2.35. The number of halogens is 3. The van der Waals surface area contributed by atoms with Crippen LogP contribution in [0.5, 0.6) is 5.75 Å². The van der Waals surface area contributed by atoms with Gasteiger partial charge in [0.1, 0.15) is 18.3 Å². The fourth-order valence-corrected chi connectivity index (χ4v) is 5.82. The first-order chi connectivity index (χ1) is 19.6. The first-order valence-electron chi connectivity index (χ1n) is 13.0. The summed E-state index contributed by atoms with van der Waals surface area (Å²) in [5.74, 6) is -0.449. The third-order valence-electron chi connectivity index (χ3n) is 6.19. The molecule has 2 amide bonds. The molecule has 3 aromatic rings. The Bertz CT molecular complexity index is 1530. The summed E-state index contributed by atoms with van der Waals surface area (Å²) in [5, 5.41) is 3.17. The number of ether oxygens (including phenoxy) is 1. The minimum absolute atomic E-state index is 0.00218. The van der Waals surface area contributed by atoms with E-state index in [0.29, 0.717) is 11.3 Å². The molecular formula is C30H34Cl3N3O5S. The van der Waals surface area contributed by atoms with E-state index in [4.69, 9.17) is 39.5 Å². The normalized spacial score (nSPS) is 12.4. The van der Waals surface area contributed by atoms with Crippen molar-refractivity contribution >= 4 is 62.3 Å². The molecule has 0 bridgehead atoms. The van der Waals surface area contributed by atoms with Gasteiger partial charge in [-0.15, -0.1) is 0 Å². The third kappa shape index (κ3) is 9.26. The molecule has 0 heterocycles. The Labute approximate surface area is 262 Å². The molecule has 0 radical (unpaired) electrons. The van der Waals surface area contributed by atoms with Gasteiger partial charge < -0.3 is 15.0 Å². The van der Waals surface area contributed by atoms with Crippen LogP contribution in [0.3, 0.4) is 0 Å². The quantitative estimate of drug-likeness (QED) is 0.257.